The molecule has 1 heterocycles. The van der Waals surface area contributed by atoms with Crippen molar-refractivity contribution in [3.63, 3.8) is 0 Å². The number of carbonyl (C=O) groups excluding carboxylic acids is 1. The van der Waals surface area contributed by atoms with Gasteiger partial charge >= 0.3 is 0 Å². The summed E-state index contributed by atoms with van der Waals surface area (Å²) in [7, 11) is 2.12. The number of aliphatic hydroxyl groups is 1. The lowest BCUT2D eigenvalue weighted by atomic mass is 9.85. The Balaban J connectivity index is 1.05. The van der Waals surface area contributed by atoms with Crippen LogP contribution in [-0.4, -0.2) is 75.1 Å². The summed E-state index contributed by atoms with van der Waals surface area (Å²) in [5.41, 5.74) is 3.75. The number of hydrogen-bond donors (Lipinski definition) is 3. The van der Waals surface area contributed by atoms with Gasteiger partial charge in [0.25, 0.3) is 0 Å². The van der Waals surface area contributed by atoms with Gasteiger partial charge in [-0.15, -0.1) is 0 Å². The maximum absolute atomic E-state index is 11.7. The highest BCUT2D eigenvalue weighted by Gasteiger charge is 2.52. The van der Waals surface area contributed by atoms with Crippen LogP contribution in [-0.2, 0) is 20.8 Å². The molecule has 1 aliphatic heterocycles. The molecular formula is C34H49Cl2N3O4S. The molecule has 1 fully saturated rings. The summed E-state index contributed by atoms with van der Waals surface area (Å²) >= 11 is 14.5. The molecule has 1 aliphatic carbocycles. The van der Waals surface area contributed by atoms with E-state index < -0.39 is 6.23 Å². The lowest BCUT2D eigenvalue weighted by Crippen LogP contribution is -2.32. The second-order valence-electron chi connectivity index (χ2n) is 12.4. The minimum Gasteiger partial charge on any atom is -0.379 e. The number of nitrogens with zero attached hydrogens (tertiary/aromatic N) is 1. The Morgan fingerprint density at radius 1 is 1.16 bits per heavy atom. The van der Waals surface area contributed by atoms with Crippen LogP contribution in [0.2, 0.25) is 10.0 Å². The fraction of sp³-hybridized carbons (Fsp3) is 0.618. The average Bonchev–Trinajstić information content (AvgIpc) is 3.65. The number of ketones is 1. The van der Waals surface area contributed by atoms with Gasteiger partial charge in [-0.2, -0.15) is 0 Å². The molecule has 2 unspecified atom stereocenters. The minimum absolute atomic E-state index is 0.124. The molecule has 10 heteroatoms. The smallest absolute Gasteiger partial charge is 0.130 e. The maximum Gasteiger partial charge on any atom is 0.130 e. The van der Waals surface area contributed by atoms with Gasteiger partial charge in [0.15, 0.2) is 0 Å². The van der Waals surface area contributed by atoms with Crippen LogP contribution < -0.4 is 10.0 Å². The van der Waals surface area contributed by atoms with Crippen LogP contribution in [0.25, 0.3) is 0 Å². The van der Waals surface area contributed by atoms with E-state index in [-0.39, 0.29) is 17.1 Å². The molecule has 4 rings (SSSR count). The number of likely N-dealkylation sites (N-methyl/N-ethyl adjacent to an activating group) is 1. The molecule has 4 atom stereocenters. The van der Waals surface area contributed by atoms with Crippen LogP contribution >= 0.6 is 35.1 Å². The van der Waals surface area contributed by atoms with Crippen molar-refractivity contribution in [1.82, 2.24) is 14.9 Å². The molecular weight excluding hydrogens is 617 g/mol. The van der Waals surface area contributed by atoms with E-state index in [1.165, 1.54) is 17.5 Å². The monoisotopic (exact) mass is 665 g/mol. The van der Waals surface area contributed by atoms with E-state index in [0.29, 0.717) is 63.3 Å². The first-order valence-electron chi connectivity index (χ1n) is 15.9. The topological polar surface area (TPSA) is 83.1 Å². The molecule has 44 heavy (non-hydrogen) atoms. The summed E-state index contributed by atoms with van der Waals surface area (Å²) in [4.78, 5) is 15.2. The lowest BCUT2D eigenvalue weighted by molar-refractivity contribution is -0.118. The van der Waals surface area contributed by atoms with E-state index in [4.69, 9.17) is 32.7 Å². The molecule has 244 valence electrons. The third kappa shape index (κ3) is 10.7. The van der Waals surface area contributed by atoms with Gasteiger partial charge in [-0.1, -0.05) is 55.1 Å². The molecule has 3 N–H and O–H groups in total. The first-order chi connectivity index (χ1) is 21.2. The van der Waals surface area contributed by atoms with Crippen LogP contribution in [0, 0.1) is 11.3 Å². The van der Waals surface area contributed by atoms with Gasteiger partial charge in [0.2, 0.25) is 0 Å². The number of nitrogens with one attached hydrogen (secondary N) is 2. The van der Waals surface area contributed by atoms with Crippen molar-refractivity contribution in [2.24, 2.45) is 11.3 Å². The molecule has 0 aromatic heterocycles. The van der Waals surface area contributed by atoms with Crippen LogP contribution in [0.15, 0.2) is 41.3 Å². The highest BCUT2D eigenvalue weighted by molar-refractivity contribution is 7.97. The molecule has 2 aromatic rings. The molecule has 2 aromatic carbocycles. The minimum atomic E-state index is -0.567. The Labute approximate surface area is 277 Å². The van der Waals surface area contributed by atoms with Gasteiger partial charge in [-0.3, -0.25) is 10.0 Å². The normalized spacial score (nSPS) is 22.1. The third-order valence-corrected chi connectivity index (χ3v) is 10.2. The number of hydrogen-bond acceptors (Lipinski definition) is 8. The zero-order valence-corrected chi connectivity index (χ0v) is 28.7. The van der Waals surface area contributed by atoms with Crippen molar-refractivity contribution in [2.75, 3.05) is 53.1 Å². The summed E-state index contributed by atoms with van der Waals surface area (Å²) in [6.45, 7) is 9.06. The second-order valence-corrected chi connectivity index (χ2v) is 14.2. The van der Waals surface area contributed by atoms with Crippen molar-refractivity contribution in [3.05, 3.63) is 63.1 Å². The van der Waals surface area contributed by atoms with Crippen molar-refractivity contribution >= 4 is 40.9 Å². The van der Waals surface area contributed by atoms with Gasteiger partial charge in [-0.25, -0.2) is 0 Å². The van der Waals surface area contributed by atoms with Gasteiger partial charge in [0.05, 0.1) is 26.4 Å². The number of halogens is 2. The Morgan fingerprint density at radius 3 is 2.68 bits per heavy atom. The number of rotatable bonds is 20. The fourth-order valence-electron chi connectivity index (χ4n) is 6.61. The summed E-state index contributed by atoms with van der Waals surface area (Å²) < 4.78 is 14.7. The molecule has 0 radical (unpaired) electrons. The Morgan fingerprint density at radius 2 is 1.93 bits per heavy atom. The van der Waals surface area contributed by atoms with Gasteiger partial charge < -0.3 is 24.3 Å². The first kappa shape index (κ1) is 35.7. The molecule has 0 saturated heterocycles. The standard InChI is InChI=1S/C34H49Cl2N3O4S/c1-4-6-26-21-34(26,20-24(2)40)10-9-33(41)37-11-13-42-15-16-43-14-12-38-44-28-8-5-7-25(17-28)30-22-39(3)23-31-29(30)18-27(35)19-32(31)36/h5,7-8,17-19,26,30,33,37-38,41H,4,6,9-16,20-23H2,1-3H3/t26?,30-,33-,34?/m0/s1. The summed E-state index contributed by atoms with van der Waals surface area (Å²) in [5.74, 6) is 1.11. The zero-order valence-electron chi connectivity index (χ0n) is 26.4. The molecule has 0 spiro atoms. The molecule has 2 aliphatic rings. The average molecular weight is 667 g/mol. The Bertz CT molecular complexity index is 1220. The van der Waals surface area contributed by atoms with Crippen molar-refractivity contribution in [1.29, 1.82) is 0 Å². The number of aliphatic hydroxyl groups excluding tert-OH is 1. The maximum atomic E-state index is 11.7. The van der Waals surface area contributed by atoms with E-state index >= 15 is 0 Å². The number of fused-ring (bicyclic) bond motifs is 1. The molecule has 7 nitrogen and oxygen atoms in total. The Kier molecular flexibility index (Phi) is 14.3. The summed E-state index contributed by atoms with van der Waals surface area (Å²) in [6.07, 6.45) is 5.10. The predicted molar refractivity (Wildman–Crippen MR) is 181 cm³/mol. The number of Topliss-reactive ketones (excluding diaryl/α,β-unsaturated/α-hetero) is 1. The van der Waals surface area contributed by atoms with Gasteiger partial charge in [0.1, 0.15) is 12.0 Å². The lowest BCUT2D eigenvalue weighted by Gasteiger charge is -2.33. The van der Waals surface area contributed by atoms with Crippen molar-refractivity contribution in [2.45, 2.75) is 76.0 Å². The van der Waals surface area contributed by atoms with Gasteiger partial charge in [0, 0.05) is 53.5 Å². The number of ether oxygens (including phenoxy) is 2. The van der Waals surface area contributed by atoms with Crippen LogP contribution in [0.1, 0.15) is 75.0 Å². The first-order valence-corrected chi connectivity index (χ1v) is 17.5. The summed E-state index contributed by atoms with van der Waals surface area (Å²) in [5, 5.41) is 14.9. The SMILES string of the molecule is CCCC1CC1(CC[C@H](O)NCCOCCOCCNSc1cccc([C@@H]2CN(C)Cc3c(Cl)cc(Cl)cc32)c1)CC(C)=O. The van der Waals surface area contributed by atoms with E-state index in [2.05, 4.69) is 59.2 Å². The second kappa shape index (κ2) is 17.6. The molecule has 0 amide bonds. The number of benzene rings is 2. The van der Waals surface area contributed by atoms with E-state index in [1.807, 2.05) is 6.07 Å². The largest absolute Gasteiger partial charge is 0.379 e. The van der Waals surface area contributed by atoms with Crippen LogP contribution in [0.5, 0.6) is 0 Å². The molecule has 1 saturated carbocycles. The van der Waals surface area contributed by atoms with Crippen LogP contribution in [0.3, 0.4) is 0 Å². The highest BCUT2D eigenvalue weighted by Crippen LogP contribution is 2.60. The Hall–Kier alpha value is -1.20. The van der Waals surface area contributed by atoms with Gasteiger partial charge in [-0.05, 0) is 97.5 Å². The predicted octanol–water partition coefficient (Wildman–Crippen LogP) is 6.67. The highest BCUT2D eigenvalue weighted by atomic mass is 35.5. The van der Waals surface area contributed by atoms with Crippen LogP contribution in [0.4, 0.5) is 0 Å². The van der Waals surface area contributed by atoms with Crippen molar-refractivity contribution < 1.29 is 19.4 Å². The molecule has 0 bridgehead atoms. The quantitative estimate of drug-likeness (QED) is 0.0822. The zero-order chi connectivity index (χ0) is 31.5. The van der Waals surface area contributed by atoms with E-state index in [1.54, 1.807) is 18.9 Å². The third-order valence-electron chi connectivity index (χ3n) is 8.80. The number of carbonyl (C=O) groups is 1. The fourth-order valence-corrected chi connectivity index (χ4v) is 7.88. The van der Waals surface area contributed by atoms with Crippen molar-refractivity contribution in [3.8, 4) is 0 Å². The van der Waals surface area contributed by atoms with E-state index in [9.17, 15) is 9.90 Å². The summed E-state index contributed by atoms with van der Waals surface area (Å²) in [6, 6.07) is 12.5. The van der Waals surface area contributed by atoms with E-state index in [0.717, 1.165) is 47.8 Å².